The van der Waals surface area contributed by atoms with Gasteiger partial charge in [-0.1, -0.05) is 52.2 Å². The van der Waals surface area contributed by atoms with Crippen LogP contribution in [0.4, 0.5) is 0 Å². The molecule has 2 fully saturated rings. The molecule has 0 aromatic carbocycles. The molecule has 2 aliphatic rings. The van der Waals surface area contributed by atoms with Crippen molar-refractivity contribution in [3.8, 4) is 0 Å². The molecule has 4 unspecified atom stereocenters. The first-order valence-corrected chi connectivity index (χ1v) is 10.3. The molecular formula is C23H40O. The maximum Gasteiger partial charge on any atom is 0.130 e. The van der Waals surface area contributed by atoms with E-state index in [-0.39, 0.29) is 0 Å². The molecule has 24 heavy (non-hydrogen) atoms. The maximum absolute atomic E-state index is 11.1. The summed E-state index contributed by atoms with van der Waals surface area (Å²) >= 11 is 0. The molecule has 0 amide bonds. The zero-order chi connectivity index (χ0) is 18.0. The number of hydrogen-bond acceptors (Lipinski definition) is 1. The van der Waals surface area contributed by atoms with Gasteiger partial charge in [0.2, 0.25) is 0 Å². The Morgan fingerprint density at radius 2 is 1.79 bits per heavy atom. The van der Waals surface area contributed by atoms with Gasteiger partial charge in [-0.25, -0.2) is 0 Å². The van der Waals surface area contributed by atoms with E-state index >= 15 is 0 Å². The van der Waals surface area contributed by atoms with E-state index in [4.69, 9.17) is 0 Å². The second-order valence-electron chi connectivity index (χ2n) is 9.89. The zero-order valence-corrected chi connectivity index (χ0v) is 17.1. The zero-order valence-electron chi connectivity index (χ0n) is 17.1. The molecule has 0 aromatic heterocycles. The molecule has 2 saturated carbocycles. The molecule has 0 heterocycles. The number of carbonyl (C=O) groups is 1. The van der Waals surface area contributed by atoms with E-state index in [1.54, 1.807) is 6.92 Å². The lowest BCUT2D eigenvalue weighted by Crippen LogP contribution is -2.51. The Kier molecular flexibility index (Phi) is 6.37. The number of Topliss-reactive ketones (excluding diaryl/α,β-unsaturated/α-hetero) is 1. The largest absolute Gasteiger partial charge is 0.300 e. The Labute approximate surface area is 150 Å². The van der Waals surface area contributed by atoms with E-state index in [0.29, 0.717) is 23.0 Å². The highest BCUT2D eigenvalue weighted by Gasteiger charge is 2.53. The second kappa shape index (κ2) is 7.75. The predicted molar refractivity (Wildman–Crippen MR) is 104 cm³/mol. The summed E-state index contributed by atoms with van der Waals surface area (Å²) in [5.41, 5.74) is 2.56. The van der Waals surface area contributed by atoms with E-state index in [1.165, 1.54) is 50.5 Å². The summed E-state index contributed by atoms with van der Waals surface area (Å²) in [6.45, 7) is 14.1. The summed E-state index contributed by atoms with van der Waals surface area (Å²) in [5, 5.41) is 0. The molecule has 0 N–H and O–H groups in total. The maximum atomic E-state index is 11.1. The summed E-state index contributed by atoms with van der Waals surface area (Å²) < 4.78 is 0. The van der Waals surface area contributed by atoms with Gasteiger partial charge in [0.1, 0.15) is 5.78 Å². The van der Waals surface area contributed by atoms with Gasteiger partial charge in [0, 0.05) is 6.42 Å². The minimum absolute atomic E-state index is 0.305. The molecule has 2 aliphatic carbocycles. The fourth-order valence-electron chi connectivity index (χ4n) is 6.23. The molecule has 0 saturated heterocycles. The minimum atomic E-state index is 0.305. The fourth-order valence-corrected chi connectivity index (χ4v) is 6.23. The highest BCUT2D eigenvalue weighted by atomic mass is 16.1. The van der Waals surface area contributed by atoms with Crippen LogP contribution in [0.1, 0.15) is 99.3 Å². The van der Waals surface area contributed by atoms with Crippen LogP contribution in [-0.2, 0) is 4.79 Å². The topological polar surface area (TPSA) is 17.1 Å². The standard InChI is InChI=1S/C23H40O/c1-17(9-7-10-19(3)24)11-13-20-18(2)12-14-21-22(4,5)15-8-16-23(20,21)6/h9,18,20-21H,7-8,10-16H2,1-6H3/b17-9+. The molecule has 0 aromatic rings. The highest BCUT2D eigenvalue weighted by molar-refractivity contribution is 5.75. The minimum Gasteiger partial charge on any atom is -0.300 e. The molecule has 0 bridgehead atoms. The van der Waals surface area contributed by atoms with Gasteiger partial charge in [-0.2, -0.15) is 0 Å². The summed E-state index contributed by atoms with van der Waals surface area (Å²) in [6.07, 6.45) is 13.6. The Bertz CT molecular complexity index is 472. The van der Waals surface area contributed by atoms with Crippen molar-refractivity contribution < 1.29 is 4.79 Å². The molecule has 1 heteroatoms. The van der Waals surface area contributed by atoms with Gasteiger partial charge in [0.15, 0.2) is 0 Å². The number of allylic oxidation sites excluding steroid dienone is 2. The van der Waals surface area contributed by atoms with Crippen molar-refractivity contribution in [1.82, 2.24) is 0 Å². The summed E-state index contributed by atoms with van der Waals surface area (Å²) in [6, 6.07) is 0. The molecule has 138 valence electrons. The lowest BCUT2D eigenvalue weighted by atomic mass is 9.46. The molecule has 4 atom stereocenters. The second-order valence-corrected chi connectivity index (χ2v) is 9.89. The van der Waals surface area contributed by atoms with Crippen molar-refractivity contribution in [2.75, 3.05) is 0 Å². The Morgan fingerprint density at radius 1 is 1.08 bits per heavy atom. The van der Waals surface area contributed by atoms with Crippen LogP contribution in [-0.4, -0.2) is 5.78 Å². The van der Waals surface area contributed by atoms with Crippen molar-refractivity contribution >= 4 is 5.78 Å². The molecule has 0 radical (unpaired) electrons. The van der Waals surface area contributed by atoms with Crippen molar-refractivity contribution in [1.29, 1.82) is 0 Å². The van der Waals surface area contributed by atoms with Gasteiger partial charge in [-0.05, 0) is 81.0 Å². The smallest absolute Gasteiger partial charge is 0.130 e. The lowest BCUT2D eigenvalue weighted by Gasteiger charge is -2.59. The SMILES string of the molecule is CC(=O)CC/C=C(\C)CCC1C(C)CCC2C(C)(C)CCCC12C. The van der Waals surface area contributed by atoms with Crippen molar-refractivity contribution in [3.63, 3.8) is 0 Å². The van der Waals surface area contributed by atoms with Gasteiger partial charge in [-0.15, -0.1) is 0 Å². The van der Waals surface area contributed by atoms with Crippen molar-refractivity contribution in [3.05, 3.63) is 11.6 Å². The molecule has 0 aliphatic heterocycles. The van der Waals surface area contributed by atoms with E-state index in [1.807, 2.05) is 0 Å². The van der Waals surface area contributed by atoms with Gasteiger partial charge in [0.05, 0.1) is 0 Å². The molecular weight excluding hydrogens is 292 g/mol. The quantitative estimate of drug-likeness (QED) is 0.480. The van der Waals surface area contributed by atoms with Crippen molar-refractivity contribution in [2.24, 2.45) is 28.6 Å². The van der Waals surface area contributed by atoms with Crippen LogP contribution in [0.25, 0.3) is 0 Å². The van der Waals surface area contributed by atoms with Crippen LogP contribution in [0, 0.1) is 28.6 Å². The van der Waals surface area contributed by atoms with Gasteiger partial charge in [0.25, 0.3) is 0 Å². The van der Waals surface area contributed by atoms with E-state index in [2.05, 4.69) is 40.7 Å². The third-order valence-electron chi connectivity index (χ3n) is 7.56. The van der Waals surface area contributed by atoms with Crippen LogP contribution in [0.5, 0.6) is 0 Å². The Hall–Kier alpha value is -0.590. The van der Waals surface area contributed by atoms with Gasteiger partial charge >= 0.3 is 0 Å². The van der Waals surface area contributed by atoms with Crippen LogP contribution < -0.4 is 0 Å². The molecule has 1 nitrogen and oxygen atoms in total. The average Bonchev–Trinajstić information content (AvgIpc) is 2.45. The number of fused-ring (bicyclic) bond motifs is 1. The number of carbonyl (C=O) groups excluding carboxylic acids is 1. The number of hydrogen-bond donors (Lipinski definition) is 0. The average molecular weight is 333 g/mol. The normalized spacial score (nSPS) is 36.2. The number of rotatable bonds is 6. The van der Waals surface area contributed by atoms with Gasteiger partial charge < -0.3 is 4.79 Å². The summed E-state index contributed by atoms with van der Waals surface area (Å²) in [5.74, 6) is 2.94. The fraction of sp³-hybridized carbons (Fsp3) is 0.870. The Morgan fingerprint density at radius 3 is 2.46 bits per heavy atom. The van der Waals surface area contributed by atoms with Crippen LogP contribution in [0.2, 0.25) is 0 Å². The predicted octanol–water partition coefficient (Wildman–Crippen LogP) is 6.96. The van der Waals surface area contributed by atoms with E-state index in [0.717, 1.165) is 24.2 Å². The monoisotopic (exact) mass is 332 g/mol. The third-order valence-corrected chi connectivity index (χ3v) is 7.56. The molecule has 2 rings (SSSR count). The summed E-state index contributed by atoms with van der Waals surface area (Å²) in [7, 11) is 0. The van der Waals surface area contributed by atoms with Crippen LogP contribution >= 0.6 is 0 Å². The lowest BCUT2D eigenvalue weighted by molar-refractivity contribution is -0.116. The van der Waals surface area contributed by atoms with Crippen LogP contribution in [0.3, 0.4) is 0 Å². The summed E-state index contributed by atoms with van der Waals surface area (Å²) in [4.78, 5) is 11.1. The van der Waals surface area contributed by atoms with Crippen molar-refractivity contribution in [2.45, 2.75) is 99.3 Å². The van der Waals surface area contributed by atoms with E-state index < -0.39 is 0 Å². The first-order chi connectivity index (χ1) is 11.2. The number of ketones is 1. The first-order valence-electron chi connectivity index (χ1n) is 10.3. The first kappa shape index (κ1) is 19.7. The van der Waals surface area contributed by atoms with Crippen LogP contribution in [0.15, 0.2) is 11.6 Å². The highest BCUT2D eigenvalue weighted by Crippen LogP contribution is 2.62. The third kappa shape index (κ3) is 4.33. The van der Waals surface area contributed by atoms with Gasteiger partial charge in [-0.3, -0.25) is 0 Å². The molecule has 0 spiro atoms. The Balaban J connectivity index is 2.03. The van der Waals surface area contributed by atoms with E-state index in [9.17, 15) is 4.79 Å².